The Hall–Kier alpha value is -5.62. The van der Waals surface area contributed by atoms with Crippen LogP contribution >= 0.6 is 0 Å². The molecule has 54 heavy (non-hydrogen) atoms. The second kappa shape index (κ2) is 15.8. The van der Waals surface area contributed by atoms with E-state index < -0.39 is 30.8 Å². The van der Waals surface area contributed by atoms with Crippen LogP contribution in [0.3, 0.4) is 0 Å². The fourth-order valence-corrected chi connectivity index (χ4v) is 6.54. The van der Waals surface area contributed by atoms with Crippen molar-refractivity contribution in [3.8, 4) is 0 Å². The fraction of sp³-hybridized carbons (Fsp3) is 0. The number of rotatable bonds is 8. The molecule has 0 radical (unpaired) electrons. The summed E-state index contributed by atoms with van der Waals surface area (Å²) in [6.45, 7) is -4.33. The topological polar surface area (TPSA) is 105 Å². The Morgan fingerprint density at radius 2 is 0.500 bits per heavy atom. The standard InChI is InChI=1S/C44H28BO8.K/c46-41(37-25-9-17-29-13-1-5-21-33(29)37)50-45(51-42(47)38-26-10-18-30-14-2-6-22-34(30)38,52-43(48)39-27-11-19-31-15-3-7-23-35(31)39)53-44(49)40-28-12-20-32-16-4-8-24-36(32)40;/h1-28H;/q-1;+1. The first-order valence-electron chi connectivity index (χ1n) is 16.9. The summed E-state index contributed by atoms with van der Waals surface area (Å²) in [7, 11) is 0. The SMILES string of the molecule is O=C(O[B-](OC(=O)c1cccc2ccccc12)(OC(=O)c1cccc2ccccc12)OC(=O)c1cccc2ccccc12)c1cccc2ccccc12.[K+]. The third kappa shape index (κ3) is 7.30. The second-order valence-electron chi connectivity index (χ2n) is 12.3. The number of carbonyl (C=O) groups excluding carboxylic acids is 4. The van der Waals surface area contributed by atoms with Gasteiger partial charge in [0.05, 0.1) is 22.3 Å². The average molecular weight is 735 g/mol. The largest absolute Gasteiger partial charge is 1.00 e. The van der Waals surface area contributed by atoms with Crippen molar-refractivity contribution in [1.82, 2.24) is 0 Å². The minimum absolute atomic E-state index is 0. The minimum Gasteiger partial charge on any atom is -0.581 e. The van der Waals surface area contributed by atoms with Crippen LogP contribution in [0.25, 0.3) is 43.1 Å². The Balaban J connectivity index is 0.00000450. The molecule has 256 valence electrons. The molecular formula is C44H28BKO8. The van der Waals surface area contributed by atoms with Crippen LogP contribution in [-0.2, 0) is 18.6 Å². The van der Waals surface area contributed by atoms with Gasteiger partial charge in [0.1, 0.15) is 0 Å². The van der Waals surface area contributed by atoms with Crippen molar-refractivity contribution in [2.24, 2.45) is 0 Å². The summed E-state index contributed by atoms with van der Waals surface area (Å²) in [5.41, 5.74) is 0.215. The first-order chi connectivity index (χ1) is 25.9. The van der Waals surface area contributed by atoms with E-state index in [2.05, 4.69) is 0 Å². The van der Waals surface area contributed by atoms with Crippen molar-refractivity contribution in [1.29, 1.82) is 0 Å². The van der Waals surface area contributed by atoms with Gasteiger partial charge in [0.2, 0.25) is 0 Å². The molecule has 8 aromatic rings. The van der Waals surface area contributed by atoms with Crippen LogP contribution in [0.5, 0.6) is 0 Å². The Bertz CT molecular complexity index is 2350. The molecule has 0 saturated heterocycles. The van der Waals surface area contributed by atoms with E-state index in [0.29, 0.717) is 43.1 Å². The molecule has 10 heteroatoms. The Kier molecular flexibility index (Phi) is 10.7. The van der Waals surface area contributed by atoms with E-state index in [1.165, 1.54) is 24.3 Å². The minimum atomic E-state index is -4.33. The van der Waals surface area contributed by atoms with E-state index in [0.717, 1.165) is 0 Å². The molecule has 0 spiro atoms. The Morgan fingerprint density at radius 3 is 0.741 bits per heavy atom. The molecule has 8 rings (SSSR count). The molecule has 0 N–H and O–H groups in total. The molecule has 0 fully saturated rings. The quantitative estimate of drug-likeness (QED) is 0.164. The Morgan fingerprint density at radius 1 is 0.296 bits per heavy atom. The molecule has 8 aromatic carbocycles. The molecule has 0 aromatic heterocycles. The number of benzene rings is 8. The molecule has 0 heterocycles. The van der Waals surface area contributed by atoms with Gasteiger partial charge in [-0.1, -0.05) is 146 Å². The number of hydrogen-bond acceptors (Lipinski definition) is 8. The van der Waals surface area contributed by atoms with E-state index in [1.54, 1.807) is 72.8 Å². The maximum atomic E-state index is 14.3. The van der Waals surface area contributed by atoms with E-state index in [1.807, 2.05) is 72.8 Å². The van der Waals surface area contributed by atoms with Crippen molar-refractivity contribution < 1.29 is 89.2 Å². The summed E-state index contributed by atoms with van der Waals surface area (Å²) in [4.78, 5) is 57.1. The third-order valence-corrected chi connectivity index (χ3v) is 9.04. The van der Waals surface area contributed by atoms with Crippen LogP contribution in [0.4, 0.5) is 0 Å². The number of fused-ring (bicyclic) bond motifs is 4. The van der Waals surface area contributed by atoms with Gasteiger partial charge in [0, 0.05) is 0 Å². The summed E-state index contributed by atoms with van der Waals surface area (Å²) in [5, 5.41) is 4.89. The van der Waals surface area contributed by atoms with Crippen LogP contribution in [0, 0.1) is 0 Å². The smallest absolute Gasteiger partial charge is 0.581 e. The van der Waals surface area contributed by atoms with Gasteiger partial charge in [0.15, 0.2) is 0 Å². The zero-order chi connectivity index (χ0) is 36.4. The monoisotopic (exact) mass is 734 g/mol. The maximum Gasteiger partial charge on any atom is 1.00 e. The van der Waals surface area contributed by atoms with Gasteiger partial charge < -0.3 is 18.6 Å². The van der Waals surface area contributed by atoms with E-state index in [4.69, 9.17) is 18.6 Å². The van der Waals surface area contributed by atoms with Crippen LogP contribution in [0.15, 0.2) is 170 Å². The molecular weight excluding hydrogens is 706 g/mol. The van der Waals surface area contributed by atoms with Crippen molar-refractivity contribution in [3.63, 3.8) is 0 Å². The second-order valence-corrected chi connectivity index (χ2v) is 12.3. The van der Waals surface area contributed by atoms with Crippen molar-refractivity contribution in [3.05, 3.63) is 192 Å². The molecule has 0 bridgehead atoms. The zero-order valence-electron chi connectivity index (χ0n) is 29.0. The summed E-state index contributed by atoms with van der Waals surface area (Å²) in [5.74, 6) is -4.26. The van der Waals surface area contributed by atoms with E-state index >= 15 is 0 Å². The normalized spacial score (nSPS) is 11.1. The summed E-state index contributed by atoms with van der Waals surface area (Å²) in [6.07, 6.45) is 0. The molecule has 0 aliphatic carbocycles. The molecule has 0 atom stereocenters. The summed E-state index contributed by atoms with van der Waals surface area (Å²) in [6, 6.07) is 48.3. The summed E-state index contributed by atoms with van der Waals surface area (Å²) >= 11 is 0. The van der Waals surface area contributed by atoms with Crippen LogP contribution in [0.2, 0.25) is 0 Å². The number of hydrogen-bond donors (Lipinski definition) is 0. The summed E-state index contributed by atoms with van der Waals surface area (Å²) < 4.78 is 23.8. The van der Waals surface area contributed by atoms with Gasteiger partial charge in [-0.3, -0.25) is 19.2 Å². The zero-order valence-corrected chi connectivity index (χ0v) is 32.1. The van der Waals surface area contributed by atoms with E-state index in [-0.39, 0.29) is 73.6 Å². The first kappa shape index (κ1) is 36.7. The first-order valence-corrected chi connectivity index (χ1v) is 16.9. The van der Waals surface area contributed by atoms with Gasteiger partial charge in [0.25, 0.3) is 23.9 Å². The van der Waals surface area contributed by atoms with Gasteiger partial charge >= 0.3 is 58.3 Å². The van der Waals surface area contributed by atoms with Gasteiger partial charge in [-0.05, 0) is 67.4 Å². The van der Waals surface area contributed by atoms with Gasteiger partial charge in [-0.25, -0.2) is 0 Å². The fourth-order valence-electron chi connectivity index (χ4n) is 6.54. The maximum absolute atomic E-state index is 14.3. The van der Waals surface area contributed by atoms with Crippen molar-refractivity contribution in [2.45, 2.75) is 0 Å². The van der Waals surface area contributed by atoms with Crippen LogP contribution in [0.1, 0.15) is 41.4 Å². The Labute approximate surface area is 352 Å². The van der Waals surface area contributed by atoms with Crippen molar-refractivity contribution >= 4 is 73.9 Å². The van der Waals surface area contributed by atoms with Crippen LogP contribution < -0.4 is 51.4 Å². The molecule has 0 aliphatic rings. The van der Waals surface area contributed by atoms with E-state index in [9.17, 15) is 19.2 Å². The third-order valence-electron chi connectivity index (χ3n) is 9.04. The predicted molar refractivity (Wildman–Crippen MR) is 203 cm³/mol. The predicted octanol–water partition coefficient (Wildman–Crippen LogP) is 6.47. The van der Waals surface area contributed by atoms with Crippen molar-refractivity contribution in [2.75, 3.05) is 0 Å². The number of carbonyl (C=O) groups is 4. The molecule has 0 amide bonds. The van der Waals surface area contributed by atoms with Gasteiger partial charge in [-0.2, -0.15) is 0 Å². The van der Waals surface area contributed by atoms with Gasteiger partial charge in [-0.15, -0.1) is 0 Å². The van der Waals surface area contributed by atoms with Crippen LogP contribution in [-0.4, -0.2) is 30.8 Å². The molecule has 0 unspecified atom stereocenters. The molecule has 8 nitrogen and oxygen atoms in total. The molecule has 0 aliphatic heterocycles. The average Bonchev–Trinajstić information content (AvgIpc) is 3.19. The molecule has 0 saturated carbocycles.